The number of hydrogen-bond donors (Lipinski definition) is 0. The van der Waals surface area contributed by atoms with Gasteiger partial charge in [-0.05, 0) is 24.6 Å². The van der Waals surface area contributed by atoms with Crippen molar-refractivity contribution in [2.45, 2.75) is 33.1 Å². The smallest absolute Gasteiger partial charge is 0.330 e. The number of rotatable bonds is 7. The summed E-state index contributed by atoms with van der Waals surface area (Å²) in [5.74, 6) is -0.989. The van der Waals surface area contributed by atoms with Gasteiger partial charge in [-0.3, -0.25) is 14.6 Å². The maximum absolute atomic E-state index is 11.5. The minimum atomic E-state index is -0.581. The van der Waals surface area contributed by atoms with Gasteiger partial charge in [0.15, 0.2) is 0 Å². The third-order valence-corrected chi connectivity index (χ3v) is 4.60. The molecule has 1 fully saturated rings. The number of amides is 2. The molecule has 1 aliphatic heterocycles. The van der Waals surface area contributed by atoms with Gasteiger partial charge in [-0.1, -0.05) is 16.9 Å². The molecule has 0 spiro atoms. The van der Waals surface area contributed by atoms with Crippen LogP contribution < -0.4 is 0 Å². The van der Waals surface area contributed by atoms with Gasteiger partial charge >= 0.3 is 5.97 Å². The molecule has 1 saturated heterocycles. The Morgan fingerprint density at radius 2 is 2.00 bits per heavy atom. The van der Waals surface area contributed by atoms with E-state index in [1.54, 1.807) is 6.21 Å². The van der Waals surface area contributed by atoms with Gasteiger partial charge in [0.25, 0.3) is 11.8 Å². The van der Waals surface area contributed by atoms with E-state index in [9.17, 15) is 14.4 Å². The molecule has 110 valence electrons. The van der Waals surface area contributed by atoms with E-state index in [2.05, 4.69) is 4.99 Å². The van der Waals surface area contributed by atoms with E-state index in [0.29, 0.717) is 10.8 Å². The Balaban J connectivity index is 2.24. The molecule has 0 unspecified atom stereocenters. The largest absolute Gasteiger partial charge is 0.334 e. The molecule has 0 aromatic carbocycles. The van der Waals surface area contributed by atoms with Crippen molar-refractivity contribution in [3.63, 3.8) is 0 Å². The van der Waals surface area contributed by atoms with Crippen molar-refractivity contribution < 1.29 is 19.2 Å². The quantitative estimate of drug-likeness (QED) is 0.310. The van der Waals surface area contributed by atoms with E-state index in [-0.39, 0.29) is 19.3 Å². The Labute approximate surface area is 125 Å². The van der Waals surface area contributed by atoms with E-state index < -0.39 is 17.8 Å². The first-order valence-electron chi connectivity index (χ1n) is 6.09. The number of carbonyl (C=O) groups is 3. The number of allylic oxidation sites excluding steroid dienone is 1. The van der Waals surface area contributed by atoms with Crippen LogP contribution in [0.1, 0.15) is 33.1 Å². The van der Waals surface area contributed by atoms with E-state index >= 15 is 0 Å². The summed E-state index contributed by atoms with van der Waals surface area (Å²) in [7, 11) is 2.92. The molecule has 0 bridgehead atoms. The Bertz CT molecular complexity index is 433. The van der Waals surface area contributed by atoms with E-state index in [0.717, 1.165) is 5.03 Å². The molecule has 1 heterocycles. The highest BCUT2D eigenvalue weighted by Gasteiger charge is 2.32. The lowest BCUT2D eigenvalue weighted by atomic mass is 10.4. The molecule has 0 aliphatic carbocycles. The lowest BCUT2D eigenvalue weighted by Gasteiger charge is -2.12. The van der Waals surface area contributed by atoms with E-state index in [4.69, 9.17) is 4.84 Å². The van der Waals surface area contributed by atoms with Gasteiger partial charge < -0.3 is 4.84 Å². The predicted molar refractivity (Wildman–Crippen MR) is 79.8 cm³/mol. The third-order valence-electron chi connectivity index (χ3n) is 2.24. The fraction of sp³-hybridized carbons (Fsp3) is 0.500. The second-order valence-corrected chi connectivity index (χ2v) is 6.15. The van der Waals surface area contributed by atoms with Crippen molar-refractivity contribution in [3.8, 4) is 0 Å². The molecule has 1 rings (SSSR count). The summed E-state index contributed by atoms with van der Waals surface area (Å²) >= 11 is 0. The average molecular weight is 316 g/mol. The van der Waals surface area contributed by atoms with Crippen molar-refractivity contribution in [2.75, 3.05) is 5.75 Å². The second-order valence-electron chi connectivity index (χ2n) is 3.71. The van der Waals surface area contributed by atoms with Gasteiger partial charge in [0.1, 0.15) is 5.03 Å². The molecule has 1 aliphatic rings. The SMILES string of the molecule is C/C=N\C(=C/C)SSCCC(=O)ON1C(=O)CCC1=O. The minimum absolute atomic E-state index is 0.108. The zero-order chi connectivity index (χ0) is 15.0. The van der Waals surface area contributed by atoms with E-state index in [1.165, 1.54) is 21.6 Å². The molecule has 0 radical (unpaired) electrons. The predicted octanol–water partition coefficient (Wildman–Crippen LogP) is 2.32. The van der Waals surface area contributed by atoms with Crippen molar-refractivity contribution in [1.29, 1.82) is 0 Å². The van der Waals surface area contributed by atoms with Crippen LogP contribution in [0.25, 0.3) is 0 Å². The van der Waals surface area contributed by atoms with Gasteiger partial charge in [-0.25, -0.2) is 4.79 Å². The fourth-order valence-corrected chi connectivity index (χ4v) is 3.28. The highest BCUT2D eigenvalue weighted by atomic mass is 33.1. The van der Waals surface area contributed by atoms with Gasteiger partial charge in [-0.15, -0.1) is 5.06 Å². The Hall–Kier alpha value is -1.28. The maximum atomic E-state index is 11.5. The Morgan fingerprint density at radius 1 is 1.35 bits per heavy atom. The molecule has 6 nitrogen and oxygen atoms in total. The highest BCUT2D eigenvalue weighted by molar-refractivity contribution is 8.78. The van der Waals surface area contributed by atoms with Crippen LogP contribution in [0.3, 0.4) is 0 Å². The summed E-state index contributed by atoms with van der Waals surface area (Å²) in [5.41, 5.74) is 0. The average Bonchev–Trinajstić information content (AvgIpc) is 2.74. The number of hydrogen-bond acceptors (Lipinski definition) is 7. The Morgan fingerprint density at radius 3 is 2.55 bits per heavy atom. The molecule has 0 atom stereocenters. The number of hydroxylamine groups is 2. The van der Waals surface area contributed by atoms with Crippen LogP contribution in [0.2, 0.25) is 0 Å². The summed E-state index contributed by atoms with van der Waals surface area (Å²) in [6.07, 6.45) is 3.91. The van der Waals surface area contributed by atoms with Crippen molar-refractivity contribution >= 4 is 45.6 Å². The molecular formula is C12H16N2O4S2. The zero-order valence-electron chi connectivity index (χ0n) is 11.3. The monoisotopic (exact) mass is 316 g/mol. The summed E-state index contributed by atoms with van der Waals surface area (Å²) in [6, 6.07) is 0. The summed E-state index contributed by atoms with van der Waals surface area (Å²) in [6.45, 7) is 3.71. The molecule has 0 N–H and O–H groups in total. The highest BCUT2D eigenvalue weighted by Crippen LogP contribution is 2.31. The fourth-order valence-electron chi connectivity index (χ4n) is 1.30. The molecule has 8 heteroatoms. The molecular weight excluding hydrogens is 300 g/mol. The first-order valence-corrected chi connectivity index (χ1v) is 8.41. The lowest BCUT2D eigenvalue weighted by molar-refractivity contribution is -0.197. The molecule has 2 amide bonds. The number of aliphatic imine (C=N–C) groups is 1. The van der Waals surface area contributed by atoms with E-state index in [1.807, 2.05) is 19.9 Å². The number of carbonyl (C=O) groups excluding carboxylic acids is 3. The standard InChI is InChI=1S/C12H16N2O4S2/c1-3-9(13-4-2)20-19-8-7-12(17)18-14-10(15)5-6-11(14)16/h3-4H,5-8H2,1-2H3/b9-3+,13-4-. The molecule has 0 saturated carbocycles. The van der Waals surface area contributed by atoms with Gasteiger partial charge in [0.05, 0.1) is 6.42 Å². The van der Waals surface area contributed by atoms with Crippen LogP contribution in [-0.2, 0) is 19.2 Å². The first-order chi connectivity index (χ1) is 9.58. The van der Waals surface area contributed by atoms with Crippen molar-refractivity contribution in [3.05, 3.63) is 11.1 Å². The number of imide groups is 1. The maximum Gasteiger partial charge on any atom is 0.334 e. The topological polar surface area (TPSA) is 76.0 Å². The van der Waals surface area contributed by atoms with Crippen molar-refractivity contribution in [2.24, 2.45) is 4.99 Å². The van der Waals surface area contributed by atoms with Crippen molar-refractivity contribution in [1.82, 2.24) is 5.06 Å². The molecule has 20 heavy (non-hydrogen) atoms. The third kappa shape index (κ3) is 5.38. The summed E-state index contributed by atoms with van der Waals surface area (Å²) in [5, 5.41) is 1.43. The number of nitrogens with zero attached hydrogens (tertiary/aromatic N) is 2. The summed E-state index contributed by atoms with van der Waals surface area (Å²) < 4.78 is 0. The lowest BCUT2D eigenvalue weighted by Crippen LogP contribution is -2.32. The van der Waals surface area contributed by atoms with Crippen LogP contribution in [0.15, 0.2) is 16.1 Å². The van der Waals surface area contributed by atoms with Crippen LogP contribution in [-0.4, -0.2) is 34.8 Å². The zero-order valence-corrected chi connectivity index (χ0v) is 13.0. The second kappa shape index (κ2) is 8.80. The van der Waals surface area contributed by atoms with Crippen LogP contribution in [0, 0.1) is 0 Å². The van der Waals surface area contributed by atoms with Gasteiger partial charge in [0.2, 0.25) is 0 Å². The first kappa shape index (κ1) is 16.8. The molecule has 0 aromatic heterocycles. The minimum Gasteiger partial charge on any atom is -0.330 e. The Kier molecular flexibility index (Phi) is 7.38. The molecule has 0 aromatic rings. The summed E-state index contributed by atoms with van der Waals surface area (Å²) in [4.78, 5) is 42.9. The van der Waals surface area contributed by atoms with Crippen LogP contribution >= 0.6 is 21.6 Å². The normalized spacial score (nSPS) is 16.3. The van der Waals surface area contributed by atoms with Gasteiger partial charge in [-0.2, -0.15) is 0 Å². The van der Waals surface area contributed by atoms with Crippen LogP contribution in [0.5, 0.6) is 0 Å². The van der Waals surface area contributed by atoms with Crippen LogP contribution in [0.4, 0.5) is 0 Å². The van der Waals surface area contributed by atoms with Gasteiger partial charge in [0, 0.05) is 24.8 Å².